The molecule has 5 nitrogen and oxygen atoms in total. The van der Waals surface area contributed by atoms with Crippen LogP contribution in [0.3, 0.4) is 0 Å². The number of fused-ring (bicyclic) bond motifs is 4. The molecule has 1 radical (unpaired) electrons. The molecular weight excluding hydrogens is 831 g/mol. The van der Waals surface area contributed by atoms with E-state index < -0.39 is 8.07 Å². The third-order valence-electron chi connectivity index (χ3n) is 9.42. The molecule has 3 heterocycles. The fourth-order valence-electron chi connectivity index (χ4n) is 6.46. The molecule has 1 N–H and O–H groups in total. The number of hydrogen-bond donors (Lipinski definition) is 1. The zero-order valence-electron chi connectivity index (χ0n) is 32.2. The van der Waals surface area contributed by atoms with Crippen molar-refractivity contribution in [1.29, 1.82) is 0 Å². The van der Waals surface area contributed by atoms with Crippen LogP contribution in [0.4, 0.5) is 0 Å². The van der Waals surface area contributed by atoms with E-state index in [-0.39, 0.29) is 48.9 Å². The minimum absolute atomic E-state index is 0. The molecule has 271 valence electrons. The van der Waals surface area contributed by atoms with E-state index in [4.69, 9.17) is 15.0 Å². The summed E-state index contributed by atoms with van der Waals surface area (Å²) >= 11 is 1.80. The smallest absolute Gasteiger partial charge is 0.162 e. The predicted molar refractivity (Wildman–Crippen MR) is 214 cm³/mol. The third kappa shape index (κ3) is 9.76. The van der Waals surface area contributed by atoms with E-state index in [0.29, 0.717) is 0 Å². The molecule has 5 aromatic rings. The molecule has 3 aromatic heterocycles. The summed E-state index contributed by atoms with van der Waals surface area (Å²) < 4.78 is 2.42. The summed E-state index contributed by atoms with van der Waals surface area (Å²) in [4.78, 5) is 26.1. The van der Waals surface area contributed by atoms with Crippen molar-refractivity contribution in [2.45, 2.75) is 114 Å². The van der Waals surface area contributed by atoms with Gasteiger partial charge < -0.3 is 5.11 Å². The Balaban J connectivity index is 0.000000361. The SMILES string of the molecule is CCC(CC)C(=O)/C=C(\O)C(CC)CC.Cc1ccc2[c-]c(-c3ncnc4c3sc3cc(CC(C)(C)C)c(C)cc34)cc([Si](C)(C)C)c2n1.[Ir]. The molecule has 2 aromatic carbocycles. The number of aliphatic hydroxyl groups excluding tert-OH is 1. The van der Waals surface area contributed by atoms with Crippen LogP contribution in [-0.4, -0.2) is 33.9 Å². The summed E-state index contributed by atoms with van der Waals surface area (Å²) in [5.41, 5.74) is 8.20. The van der Waals surface area contributed by atoms with Crippen molar-refractivity contribution in [1.82, 2.24) is 15.0 Å². The Morgan fingerprint density at radius 1 is 0.940 bits per heavy atom. The summed E-state index contributed by atoms with van der Waals surface area (Å²) in [6.45, 7) is 26.4. The zero-order valence-corrected chi connectivity index (χ0v) is 36.4. The molecule has 0 aliphatic rings. The van der Waals surface area contributed by atoms with Gasteiger partial charge in [-0.1, -0.05) is 90.3 Å². The fraction of sp³-hybridized carbons (Fsp3) is 0.476. The van der Waals surface area contributed by atoms with E-state index >= 15 is 0 Å². The first kappa shape index (κ1) is 41.6. The Labute approximate surface area is 318 Å². The number of aryl methyl sites for hydroxylation is 2. The van der Waals surface area contributed by atoms with Gasteiger partial charge in [0, 0.05) is 64.2 Å². The first-order chi connectivity index (χ1) is 23.0. The van der Waals surface area contributed by atoms with Crippen molar-refractivity contribution in [3.8, 4) is 11.3 Å². The summed E-state index contributed by atoms with van der Waals surface area (Å²) in [7, 11) is -1.64. The monoisotopic (exact) mass is 887 g/mol. The number of aromatic nitrogens is 3. The van der Waals surface area contributed by atoms with E-state index in [9.17, 15) is 9.90 Å². The van der Waals surface area contributed by atoms with Gasteiger partial charge >= 0.3 is 0 Å². The van der Waals surface area contributed by atoms with E-state index in [1.54, 1.807) is 17.7 Å². The maximum absolute atomic E-state index is 11.7. The molecule has 0 fully saturated rings. The van der Waals surface area contributed by atoms with Crippen molar-refractivity contribution < 1.29 is 30.0 Å². The number of pyridine rings is 1. The number of ketones is 1. The van der Waals surface area contributed by atoms with Crippen LogP contribution in [0.25, 0.3) is 42.5 Å². The second-order valence-corrected chi connectivity index (χ2v) is 21.8. The molecule has 50 heavy (non-hydrogen) atoms. The molecule has 5 rings (SSSR count). The van der Waals surface area contributed by atoms with Crippen LogP contribution in [0.5, 0.6) is 0 Å². The van der Waals surface area contributed by atoms with Crippen molar-refractivity contribution >= 4 is 61.6 Å². The van der Waals surface area contributed by atoms with Gasteiger partial charge in [0.15, 0.2) is 5.78 Å². The van der Waals surface area contributed by atoms with Crippen molar-refractivity contribution in [3.63, 3.8) is 0 Å². The first-order valence-electron chi connectivity index (χ1n) is 18.0. The number of aliphatic hydroxyl groups is 1. The van der Waals surface area contributed by atoms with Gasteiger partial charge in [-0.25, -0.2) is 4.98 Å². The predicted octanol–water partition coefficient (Wildman–Crippen LogP) is 11.5. The van der Waals surface area contributed by atoms with Gasteiger partial charge in [-0.15, -0.1) is 29.5 Å². The quantitative estimate of drug-likeness (QED) is 0.0654. The largest absolute Gasteiger partial charge is 0.512 e. The number of nitrogens with zero attached hydrogens (tertiary/aromatic N) is 3. The van der Waals surface area contributed by atoms with Crippen molar-refractivity contribution in [3.05, 3.63) is 71.4 Å². The number of hydrogen-bond acceptors (Lipinski definition) is 6. The van der Waals surface area contributed by atoms with Crippen LogP contribution in [0, 0.1) is 37.2 Å². The molecule has 0 amide bonds. The minimum Gasteiger partial charge on any atom is -0.512 e. The van der Waals surface area contributed by atoms with E-state index in [0.717, 1.165) is 70.2 Å². The van der Waals surface area contributed by atoms with Crippen molar-refractivity contribution in [2.75, 3.05) is 0 Å². The van der Waals surface area contributed by atoms with E-state index in [1.807, 2.05) is 27.7 Å². The van der Waals surface area contributed by atoms with Gasteiger partial charge in [-0.3, -0.25) is 14.8 Å². The molecule has 0 bridgehead atoms. The summed E-state index contributed by atoms with van der Waals surface area (Å²) in [6.07, 6.45) is 7.68. The Bertz CT molecular complexity index is 1980. The minimum atomic E-state index is -1.64. The molecule has 0 saturated heterocycles. The molecule has 0 aliphatic carbocycles. The normalized spacial score (nSPS) is 12.5. The van der Waals surface area contributed by atoms with E-state index in [1.165, 1.54) is 32.5 Å². The Morgan fingerprint density at radius 3 is 2.16 bits per heavy atom. The molecule has 0 saturated carbocycles. The Hall–Kier alpha value is -2.77. The maximum atomic E-state index is 11.7. The summed E-state index contributed by atoms with van der Waals surface area (Å²) in [5.74, 6) is 0.547. The number of carbonyl (C=O) groups is 1. The molecular formula is C42H56IrN3O2SSi-. The third-order valence-corrected chi connectivity index (χ3v) is 12.6. The van der Waals surface area contributed by atoms with Crippen LogP contribution in [0.1, 0.15) is 91.0 Å². The standard InChI is InChI=1S/C29H32N3SSi.C13H24O2.Ir/c1-17-11-22-23(13-21(17)15-29(3,4)5)33-28-26(30-16-31-27(22)28)20-12-19-10-9-18(2)32-25(19)24(14-20)34(6,7)8;1-5-10(6-2)12(14)9-13(15)11(7-3)8-4;/h9-11,13-14,16H,15H2,1-8H3;9-11,14H,5-8H2,1-4H3;/q-1;;/b;12-9-;. The van der Waals surface area contributed by atoms with Crippen molar-refractivity contribution in [2.24, 2.45) is 17.3 Å². The zero-order chi connectivity index (χ0) is 36.3. The van der Waals surface area contributed by atoms with Crippen LogP contribution >= 0.6 is 11.3 Å². The number of allylic oxidation sites excluding steroid dienone is 2. The fourth-order valence-corrected chi connectivity index (χ4v) is 9.14. The van der Waals surface area contributed by atoms with Crippen LogP contribution in [-0.2, 0) is 31.3 Å². The van der Waals surface area contributed by atoms with Gasteiger partial charge in [0.1, 0.15) is 6.33 Å². The molecule has 0 aliphatic heterocycles. The number of rotatable bonds is 10. The van der Waals surface area contributed by atoms with Gasteiger partial charge in [-0.2, -0.15) is 0 Å². The Kier molecular flexibility index (Phi) is 14.3. The van der Waals surface area contributed by atoms with Crippen LogP contribution < -0.4 is 5.19 Å². The van der Waals surface area contributed by atoms with Gasteiger partial charge in [0.25, 0.3) is 0 Å². The molecule has 0 spiro atoms. The number of benzene rings is 2. The Morgan fingerprint density at radius 2 is 1.58 bits per heavy atom. The second-order valence-electron chi connectivity index (χ2n) is 15.7. The maximum Gasteiger partial charge on any atom is 0.162 e. The molecule has 0 unspecified atom stereocenters. The average molecular weight is 887 g/mol. The van der Waals surface area contributed by atoms with Crippen LogP contribution in [0.2, 0.25) is 19.6 Å². The average Bonchev–Trinajstić information content (AvgIpc) is 3.38. The van der Waals surface area contributed by atoms with Gasteiger partial charge in [0.05, 0.1) is 19.3 Å². The first-order valence-corrected chi connectivity index (χ1v) is 22.3. The van der Waals surface area contributed by atoms with E-state index in [2.05, 4.69) is 90.7 Å². The summed E-state index contributed by atoms with van der Waals surface area (Å²) in [5, 5.41) is 13.4. The number of carbonyl (C=O) groups excluding carboxylic acids is 1. The second kappa shape index (κ2) is 17.2. The summed E-state index contributed by atoms with van der Waals surface area (Å²) in [6, 6.07) is 14.9. The molecule has 8 heteroatoms. The van der Waals surface area contributed by atoms with Gasteiger partial charge in [0.2, 0.25) is 0 Å². The number of thiophene rings is 1. The topological polar surface area (TPSA) is 76.0 Å². The van der Waals surface area contributed by atoms with Crippen LogP contribution in [0.15, 0.2) is 48.5 Å². The molecule has 0 atom stereocenters. The van der Waals surface area contributed by atoms with Gasteiger partial charge in [-0.05, 0) is 80.1 Å².